The molecule has 3 rings (SSSR count). The molecular weight excluding hydrogens is 326 g/mol. The molecule has 0 saturated heterocycles. The van der Waals surface area contributed by atoms with Crippen molar-refractivity contribution in [3.63, 3.8) is 0 Å². The fourth-order valence-electron chi connectivity index (χ4n) is 2.76. The van der Waals surface area contributed by atoms with Crippen LogP contribution in [0.5, 0.6) is 0 Å². The Hall–Kier alpha value is -2.60. The summed E-state index contributed by atoms with van der Waals surface area (Å²) in [5.74, 6) is 1.50. The predicted molar refractivity (Wildman–Crippen MR) is 106 cm³/mol. The minimum atomic E-state index is 0.599. The Bertz CT molecular complexity index is 834. The number of anilines is 1. The second-order valence-electron chi connectivity index (χ2n) is 6.43. The van der Waals surface area contributed by atoms with Gasteiger partial charge in [-0.15, -0.1) is 0 Å². The summed E-state index contributed by atoms with van der Waals surface area (Å²) in [7, 11) is 0. The molecule has 2 N–H and O–H groups in total. The van der Waals surface area contributed by atoms with Crippen LogP contribution in [0.15, 0.2) is 48.5 Å². The summed E-state index contributed by atoms with van der Waals surface area (Å²) in [5, 5.41) is 11.2. The normalized spacial score (nSPS) is 17.2. The van der Waals surface area contributed by atoms with Gasteiger partial charge in [0, 0.05) is 24.8 Å². The van der Waals surface area contributed by atoms with Gasteiger partial charge in [-0.25, -0.2) is 9.50 Å². The molecule has 6 nitrogen and oxygen atoms in total. The van der Waals surface area contributed by atoms with Gasteiger partial charge in [-0.2, -0.15) is 5.10 Å². The van der Waals surface area contributed by atoms with Gasteiger partial charge in [-0.05, 0) is 44.0 Å². The van der Waals surface area contributed by atoms with E-state index >= 15 is 0 Å². The van der Waals surface area contributed by atoms with Crippen LogP contribution in [0.4, 0.5) is 5.82 Å². The molecule has 0 amide bonds. The van der Waals surface area contributed by atoms with E-state index in [1.165, 1.54) is 5.57 Å². The summed E-state index contributed by atoms with van der Waals surface area (Å²) in [6.07, 6.45) is 9.91. The number of allylic oxidation sites excluding steroid dienone is 4. The highest BCUT2D eigenvalue weighted by Gasteiger charge is 2.11. The second-order valence-corrected chi connectivity index (χ2v) is 6.43. The van der Waals surface area contributed by atoms with Crippen molar-refractivity contribution in [2.45, 2.75) is 26.7 Å². The van der Waals surface area contributed by atoms with Gasteiger partial charge >= 0.3 is 0 Å². The van der Waals surface area contributed by atoms with Gasteiger partial charge in [0.15, 0.2) is 5.65 Å². The molecule has 0 fully saturated rings. The Balaban J connectivity index is 2.06. The van der Waals surface area contributed by atoms with Crippen molar-refractivity contribution in [3.8, 4) is 0 Å². The van der Waals surface area contributed by atoms with Gasteiger partial charge < -0.3 is 15.4 Å². The van der Waals surface area contributed by atoms with Crippen LogP contribution < -0.4 is 10.6 Å². The van der Waals surface area contributed by atoms with Crippen LogP contribution in [0, 0.1) is 0 Å². The molecule has 2 bridgehead atoms. The zero-order valence-corrected chi connectivity index (χ0v) is 15.6. The van der Waals surface area contributed by atoms with Gasteiger partial charge in [0.2, 0.25) is 0 Å². The Morgan fingerprint density at radius 2 is 2.27 bits per heavy atom. The first kappa shape index (κ1) is 18.2. The summed E-state index contributed by atoms with van der Waals surface area (Å²) in [5.41, 5.74) is 4.08. The third kappa shape index (κ3) is 4.52. The molecule has 0 aromatic carbocycles. The fourth-order valence-corrected chi connectivity index (χ4v) is 2.76. The highest BCUT2D eigenvalue weighted by Crippen LogP contribution is 2.24. The zero-order chi connectivity index (χ0) is 18.4. The first-order valence-electron chi connectivity index (χ1n) is 9.17. The molecule has 0 aliphatic carbocycles. The lowest BCUT2D eigenvalue weighted by Gasteiger charge is -2.09. The molecule has 0 atom stereocenters. The Morgan fingerprint density at radius 1 is 1.38 bits per heavy atom. The van der Waals surface area contributed by atoms with E-state index in [0.717, 1.165) is 55.1 Å². The van der Waals surface area contributed by atoms with E-state index in [2.05, 4.69) is 42.2 Å². The molecule has 0 spiro atoms. The van der Waals surface area contributed by atoms with E-state index in [-0.39, 0.29) is 0 Å². The molecule has 6 heteroatoms. The number of nitrogens with one attached hydrogen (secondary N) is 2. The maximum absolute atomic E-state index is 5.77. The van der Waals surface area contributed by atoms with E-state index in [0.29, 0.717) is 12.4 Å². The summed E-state index contributed by atoms with van der Waals surface area (Å²) < 4.78 is 7.56. The van der Waals surface area contributed by atoms with Crippen LogP contribution in [0.1, 0.15) is 32.3 Å². The van der Waals surface area contributed by atoms with Gasteiger partial charge in [-0.3, -0.25) is 0 Å². The third-order valence-corrected chi connectivity index (χ3v) is 4.36. The van der Waals surface area contributed by atoms with Crippen molar-refractivity contribution in [1.82, 2.24) is 19.9 Å². The monoisotopic (exact) mass is 353 g/mol. The molecule has 0 saturated carbocycles. The summed E-state index contributed by atoms with van der Waals surface area (Å²) >= 11 is 0. The number of fused-ring (bicyclic) bond motifs is 1. The largest absolute Gasteiger partial charge is 0.493 e. The highest BCUT2D eigenvalue weighted by molar-refractivity contribution is 5.83. The number of nitrogens with zero attached hydrogens (tertiary/aromatic N) is 3. The van der Waals surface area contributed by atoms with Crippen LogP contribution in [-0.4, -0.2) is 40.8 Å². The van der Waals surface area contributed by atoms with Crippen molar-refractivity contribution < 1.29 is 4.74 Å². The molecule has 1 aliphatic heterocycles. The van der Waals surface area contributed by atoms with Gasteiger partial charge in [0.05, 0.1) is 6.20 Å². The number of hydrogen-bond donors (Lipinski definition) is 2. The summed E-state index contributed by atoms with van der Waals surface area (Å²) in [6, 6.07) is 1.95. The lowest BCUT2D eigenvalue weighted by atomic mass is 10.0. The summed E-state index contributed by atoms with van der Waals surface area (Å²) in [4.78, 5) is 4.76. The minimum absolute atomic E-state index is 0.599. The van der Waals surface area contributed by atoms with Crippen LogP contribution in [-0.2, 0) is 4.74 Å². The topological polar surface area (TPSA) is 63.5 Å². The maximum atomic E-state index is 5.77. The average molecular weight is 353 g/mol. The highest BCUT2D eigenvalue weighted by atomic mass is 16.5. The smallest absolute Gasteiger partial charge is 0.165 e. The van der Waals surface area contributed by atoms with E-state index in [4.69, 9.17) is 9.72 Å². The average Bonchev–Trinajstić information content (AvgIpc) is 3.05. The molecule has 26 heavy (non-hydrogen) atoms. The summed E-state index contributed by atoms with van der Waals surface area (Å²) in [6.45, 7) is 11.5. The molecule has 3 heterocycles. The van der Waals surface area contributed by atoms with E-state index in [9.17, 15) is 0 Å². The Labute approximate surface area is 154 Å². The SMILES string of the molecule is C=C1C=C(C=C(C)CC)c2cnn3ccc(nc23)NCCCNCCO1. The quantitative estimate of drug-likeness (QED) is 0.866. The maximum Gasteiger partial charge on any atom is 0.165 e. The third-order valence-electron chi connectivity index (χ3n) is 4.36. The van der Waals surface area contributed by atoms with Gasteiger partial charge in [0.25, 0.3) is 0 Å². The number of hydrogen-bond acceptors (Lipinski definition) is 5. The van der Waals surface area contributed by atoms with Crippen LogP contribution in [0.25, 0.3) is 11.2 Å². The van der Waals surface area contributed by atoms with Crippen LogP contribution >= 0.6 is 0 Å². The molecular formula is C20H27N5O. The fraction of sp³-hybridized carbons (Fsp3) is 0.400. The van der Waals surface area contributed by atoms with E-state index in [1.54, 1.807) is 4.52 Å². The van der Waals surface area contributed by atoms with Crippen molar-refractivity contribution in [2.24, 2.45) is 0 Å². The van der Waals surface area contributed by atoms with E-state index in [1.807, 2.05) is 24.5 Å². The van der Waals surface area contributed by atoms with Crippen molar-refractivity contribution in [1.29, 1.82) is 0 Å². The molecule has 1 aliphatic rings. The Kier molecular flexibility index (Phi) is 6.07. The molecule has 2 aromatic heterocycles. The molecule has 138 valence electrons. The first-order valence-corrected chi connectivity index (χ1v) is 9.17. The van der Waals surface area contributed by atoms with Crippen LogP contribution in [0.2, 0.25) is 0 Å². The lowest BCUT2D eigenvalue weighted by molar-refractivity contribution is 0.226. The van der Waals surface area contributed by atoms with Crippen molar-refractivity contribution >= 4 is 17.0 Å². The second kappa shape index (κ2) is 8.67. The Morgan fingerprint density at radius 3 is 3.12 bits per heavy atom. The number of ether oxygens (including phenoxy) is 1. The minimum Gasteiger partial charge on any atom is -0.493 e. The van der Waals surface area contributed by atoms with Crippen LogP contribution in [0.3, 0.4) is 0 Å². The van der Waals surface area contributed by atoms with Gasteiger partial charge in [-0.1, -0.05) is 25.2 Å². The van der Waals surface area contributed by atoms with E-state index < -0.39 is 0 Å². The molecule has 0 radical (unpaired) electrons. The standard InChI is InChI=1S/C20H27N5O/c1-4-15(2)12-17-13-16(3)26-11-9-21-7-5-8-22-19-6-10-25-20(24-19)18(17)14-23-25/h6,10,12-14,21H,3-5,7-9,11H2,1-2H3,(H,22,24). The molecule has 2 aromatic rings. The number of rotatable bonds is 2. The number of aromatic nitrogens is 3. The molecule has 0 unspecified atom stereocenters. The zero-order valence-electron chi connectivity index (χ0n) is 15.6. The predicted octanol–water partition coefficient (Wildman–Crippen LogP) is 3.40. The van der Waals surface area contributed by atoms with Crippen molar-refractivity contribution in [2.75, 3.05) is 31.6 Å². The first-order chi connectivity index (χ1) is 12.7. The lowest BCUT2D eigenvalue weighted by Crippen LogP contribution is -2.22. The van der Waals surface area contributed by atoms with Gasteiger partial charge in [0.1, 0.15) is 18.2 Å². The van der Waals surface area contributed by atoms with Crippen molar-refractivity contribution in [3.05, 3.63) is 54.1 Å².